The molecule has 2 N–H and O–H groups in total. The van der Waals surface area contributed by atoms with Gasteiger partial charge in [-0.2, -0.15) is 0 Å². The van der Waals surface area contributed by atoms with Crippen molar-refractivity contribution in [2.75, 3.05) is 26.9 Å². The number of aliphatic hydroxyl groups is 1. The van der Waals surface area contributed by atoms with E-state index in [0.29, 0.717) is 6.61 Å². The Morgan fingerprint density at radius 1 is 1.47 bits per heavy atom. The SMILES string of the molecule is COCC(CO)NCC1CC2C=CC1C2. The summed E-state index contributed by atoms with van der Waals surface area (Å²) in [6, 6.07) is 0.0955. The lowest BCUT2D eigenvalue weighted by atomic mass is 9.93. The minimum atomic E-state index is 0.0955. The van der Waals surface area contributed by atoms with Crippen molar-refractivity contribution in [3.63, 3.8) is 0 Å². The van der Waals surface area contributed by atoms with E-state index in [2.05, 4.69) is 17.5 Å². The first-order chi connectivity index (χ1) is 7.33. The predicted octanol–water partition coefficient (Wildman–Crippen LogP) is 0.795. The van der Waals surface area contributed by atoms with Crippen LogP contribution in [0.2, 0.25) is 0 Å². The molecule has 15 heavy (non-hydrogen) atoms. The largest absolute Gasteiger partial charge is 0.395 e. The molecule has 2 rings (SSSR count). The molecule has 0 spiro atoms. The molecule has 4 atom stereocenters. The molecule has 0 aromatic heterocycles. The Balaban J connectivity index is 1.71. The van der Waals surface area contributed by atoms with Crippen LogP contribution in [0.25, 0.3) is 0 Å². The molecule has 2 aliphatic carbocycles. The average molecular weight is 211 g/mol. The summed E-state index contributed by atoms with van der Waals surface area (Å²) >= 11 is 0. The second kappa shape index (κ2) is 5.10. The zero-order valence-electron chi connectivity index (χ0n) is 9.36. The van der Waals surface area contributed by atoms with Crippen molar-refractivity contribution in [3.8, 4) is 0 Å². The fraction of sp³-hybridized carbons (Fsp3) is 0.833. The lowest BCUT2D eigenvalue weighted by molar-refractivity contribution is 0.125. The smallest absolute Gasteiger partial charge is 0.0638 e. The van der Waals surface area contributed by atoms with Crippen LogP contribution in [0.4, 0.5) is 0 Å². The highest BCUT2D eigenvalue weighted by atomic mass is 16.5. The van der Waals surface area contributed by atoms with Crippen molar-refractivity contribution >= 4 is 0 Å². The van der Waals surface area contributed by atoms with Gasteiger partial charge in [0.2, 0.25) is 0 Å². The molecule has 4 unspecified atom stereocenters. The van der Waals surface area contributed by atoms with Gasteiger partial charge in [-0.1, -0.05) is 12.2 Å². The van der Waals surface area contributed by atoms with Crippen molar-refractivity contribution in [1.29, 1.82) is 0 Å². The molecule has 1 fully saturated rings. The first kappa shape index (κ1) is 11.1. The zero-order valence-corrected chi connectivity index (χ0v) is 9.36. The van der Waals surface area contributed by atoms with Crippen molar-refractivity contribution in [2.45, 2.75) is 18.9 Å². The zero-order chi connectivity index (χ0) is 10.7. The minimum Gasteiger partial charge on any atom is -0.395 e. The first-order valence-corrected chi connectivity index (χ1v) is 5.85. The van der Waals surface area contributed by atoms with E-state index in [1.807, 2.05) is 0 Å². The Labute approximate surface area is 91.5 Å². The van der Waals surface area contributed by atoms with Crippen LogP contribution in [0.1, 0.15) is 12.8 Å². The standard InChI is InChI=1S/C12H21NO2/c1-15-8-12(7-14)13-6-11-5-9-2-3-10(11)4-9/h2-3,9-14H,4-8H2,1H3. The summed E-state index contributed by atoms with van der Waals surface area (Å²) in [6.07, 6.45) is 7.39. The number of nitrogens with one attached hydrogen (secondary N) is 1. The fourth-order valence-corrected chi connectivity index (χ4v) is 2.82. The molecule has 2 aliphatic rings. The molecule has 3 heteroatoms. The maximum atomic E-state index is 9.11. The van der Waals surface area contributed by atoms with Gasteiger partial charge in [0.25, 0.3) is 0 Å². The Bertz CT molecular complexity index is 230. The summed E-state index contributed by atoms with van der Waals surface area (Å²) in [5, 5.41) is 12.5. The highest BCUT2D eigenvalue weighted by molar-refractivity contribution is 5.10. The van der Waals surface area contributed by atoms with E-state index in [-0.39, 0.29) is 12.6 Å². The summed E-state index contributed by atoms with van der Waals surface area (Å²) in [7, 11) is 1.67. The number of allylic oxidation sites excluding steroid dienone is 2. The molecule has 86 valence electrons. The summed E-state index contributed by atoms with van der Waals surface area (Å²) in [6.45, 7) is 1.76. The van der Waals surface area contributed by atoms with E-state index < -0.39 is 0 Å². The van der Waals surface area contributed by atoms with E-state index in [4.69, 9.17) is 9.84 Å². The molecule has 0 saturated heterocycles. The Kier molecular flexibility index (Phi) is 3.78. The van der Waals surface area contributed by atoms with Gasteiger partial charge >= 0.3 is 0 Å². The van der Waals surface area contributed by atoms with Gasteiger partial charge in [-0.05, 0) is 37.1 Å². The molecule has 0 amide bonds. The Hall–Kier alpha value is -0.380. The van der Waals surface area contributed by atoms with Crippen LogP contribution in [0, 0.1) is 17.8 Å². The number of fused-ring (bicyclic) bond motifs is 2. The lowest BCUT2D eigenvalue weighted by Gasteiger charge is -2.22. The third kappa shape index (κ3) is 2.60. The third-order valence-electron chi connectivity index (χ3n) is 3.67. The van der Waals surface area contributed by atoms with Crippen LogP contribution in [0.3, 0.4) is 0 Å². The first-order valence-electron chi connectivity index (χ1n) is 5.85. The minimum absolute atomic E-state index is 0.0955. The number of rotatable bonds is 6. The molecule has 0 heterocycles. The van der Waals surface area contributed by atoms with Gasteiger partial charge < -0.3 is 15.2 Å². The van der Waals surface area contributed by atoms with Crippen LogP contribution >= 0.6 is 0 Å². The van der Waals surface area contributed by atoms with Crippen LogP contribution < -0.4 is 5.32 Å². The summed E-state index contributed by atoms with van der Waals surface area (Å²) < 4.78 is 5.04. The second-order valence-corrected chi connectivity index (χ2v) is 4.78. The molecule has 0 aromatic rings. The van der Waals surface area contributed by atoms with E-state index in [1.54, 1.807) is 7.11 Å². The second-order valence-electron chi connectivity index (χ2n) is 4.78. The average Bonchev–Trinajstić information content (AvgIpc) is 2.85. The third-order valence-corrected chi connectivity index (χ3v) is 3.67. The molecule has 0 aliphatic heterocycles. The van der Waals surface area contributed by atoms with Gasteiger partial charge in [0.1, 0.15) is 0 Å². The van der Waals surface area contributed by atoms with E-state index in [1.165, 1.54) is 12.8 Å². The quantitative estimate of drug-likeness (QED) is 0.638. The number of aliphatic hydroxyl groups excluding tert-OH is 1. The van der Waals surface area contributed by atoms with Gasteiger partial charge in [-0.25, -0.2) is 0 Å². The highest BCUT2D eigenvalue weighted by Crippen LogP contribution is 2.42. The number of methoxy groups -OCH3 is 1. The van der Waals surface area contributed by atoms with Crippen LogP contribution in [-0.2, 0) is 4.74 Å². The molecular weight excluding hydrogens is 190 g/mol. The normalized spacial score (nSPS) is 34.9. The van der Waals surface area contributed by atoms with Gasteiger partial charge in [0, 0.05) is 7.11 Å². The Morgan fingerprint density at radius 3 is 2.87 bits per heavy atom. The Morgan fingerprint density at radius 2 is 2.33 bits per heavy atom. The van der Waals surface area contributed by atoms with Crippen LogP contribution in [-0.4, -0.2) is 38.0 Å². The molecular formula is C12H21NO2. The van der Waals surface area contributed by atoms with E-state index in [9.17, 15) is 0 Å². The monoisotopic (exact) mass is 211 g/mol. The number of ether oxygens (including phenoxy) is 1. The van der Waals surface area contributed by atoms with Gasteiger partial charge in [0.15, 0.2) is 0 Å². The lowest BCUT2D eigenvalue weighted by Crippen LogP contribution is -2.40. The topological polar surface area (TPSA) is 41.5 Å². The van der Waals surface area contributed by atoms with Crippen LogP contribution in [0.5, 0.6) is 0 Å². The van der Waals surface area contributed by atoms with Gasteiger partial charge in [-0.3, -0.25) is 0 Å². The number of hydrogen-bond acceptors (Lipinski definition) is 3. The highest BCUT2D eigenvalue weighted by Gasteiger charge is 2.35. The van der Waals surface area contributed by atoms with Crippen molar-refractivity contribution in [2.24, 2.45) is 17.8 Å². The van der Waals surface area contributed by atoms with Gasteiger partial charge in [0.05, 0.1) is 19.3 Å². The van der Waals surface area contributed by atoms with Crippen molar-refractivity contribution < 1.29 is 9.84 Å². The van der Waals surface area contributed by atoms with Crippen molar-refractivity contribution in [3.05, 3.63) is 12.2 Å². The maximum absolute atomic E-state index is 9.11. The fourth-order valence-electron chi connectivity index (χ4n) is 2.82. The summed E-state index contributed by atoms with van der Waals surface area (Å²) in [5.74, 6) is 2.38. The van der Waals surface area contributed by atoms with E-state index >= 15 is 0 Å². The van der Waals surface area contributed by atoms with Gasteiger partial charge in [-0.15, -0.1) is 0 Å². The summed E-state index contributed by atoms with van der Waals surface area (Å²) in [5.41, 5.74) is 0. The molecule has 0 radical (unpaired) electrons. The van der Waals surface area contributed by atoms with E-state index in [0.717, 1.165) is 24.3 Å². The number of hydrogen-bond donors (Lipinski definition) is 2. The molecule has 1 saturated carbocycles. The maximum Gasteiger partial charge on any atom is 0.0638 e. The predicted molar refractivity (Wildman–Crippen MR) is 59.6 cm³/mol. The summed E-state index contributed by atoms with van der Waals surface area (Å²) in [4.78, 5) is 0. The molecule has 3 nitrogen and oxygen atoms in total. The molecule has 0 aromatic carbocycles. The van der Waals surface area contributed by atoms with Crippen LogP contribution in [0.15, 0.2) is 12.2 Å². The van der Waals surface area contributed by atoms with Crippen molar-refractivity contribution in [1.82, 2.24) is 5.32 Å². The molecule has 2 bridgehead atoms.